The Balaban J connectivity index is 0.000000215. The number of halogens is 3. The Bertz CT molecular complexity index is 3640. The molecule has 10 rings (SSSR count). The van der Waals surface area contributed by atoms with E-state index in [2.05, 4.69) is 25.9 Å². The van der Waals surface area contributed by atoms with Crippen molar-refractivity contribution in [2.45, 2.75) is 58.8 Å². The zero-order chi connectivity index (χ0) is 56.6. The van der Waals surface area contributed by atoms with Crippen molar-refractivity contribution in [3.05, 3.63) is 184 Å². The topological polar surface area (TPSA) is 165 Å². The number of methoxy groups -OCH3 is 2. The average molecular weight is 1190 g/mol. The van der Waals surface area contributed by atoms with Gasteiger partial charge in [0.1, 0.15) is 66.6 Å². The first kappa shape index (κ1) is 60.3. The van der Waals surface area contributed by atoms with E-state index in [1.807, 2.05) is 54.6 Å². The molecule has 12 nitrogen and oxygen atoms in total. The third-order valence-corrected chi connectivity index (χ3v) is 15.9. The summed E-state index contributed by atoms with van der Waals surface area (Å²) in [6.07, 6.45) is 6.16. The van der Waals surface area contributed by atoms with E-state index in [1.54, 1.807) is 108 Å². The molecule has 0 atom stereocenters. The van der Waals surface area contributed by atoms with E-state index in [4.69, 9.17) is 18.9 Å². The molecule has 2 aromatic heterocycles. The summed E-state index contributed by atoms with van der Waals surface area (Å²) in [7, 11) is -0.343. The van der Waals surface area contributed by atoms with Crippen LogP contribution in [0.4, 0.5) is 8.78 Å². The molecule has 414 valence electrons. The highest BCUT2D eigenvalue weighted by Crippen LogP contribution is 2.50. The Labute approximate surface area is 473 Å². The first-order valence-corrected chi connectivity index (χ1v) is 30.9. The number of ether oxygens (including phenoxy) is 4. The predicted molar refractivity (Wildman–Crippen MR) is 314 cm³/mol. The van der Waals surface area contributed by atoms with Gasteiger partial charge in [-0.1, -0.05) is 60.5 Å². The monoisotopic (exact) mass is 1190 g/mol. The molecule has 2 aliphatic carbocycles. The quantitative estimate of drug-likeness (QED) is 0.0556. The third kappa shape index (κ3) is 14.7. The molecule has 0 spiro atoms. The molecule has 0 aliphatic heterocycles. The van der Waals surface area contributed by atoms with Crippen LogP contribution in [0.5, 0.6) is 34.5 Å². The Kier molecular flexibility index (Phi) is 19.5. The Hall–Kier alpha value is -7.31. The molecule has 0 saturated heterocycles. The van der Waals surface area contributed by atoms with Gasteiger partial charge in [0.25, 0.3) is 0 Å². The molecule has 2 saturated carbocycles. The Morgan fingerprint density at radius 2 is 0.863 bits per heavy atom. The maximum absolute atomic E-state index is 13.2. The van der Waals surface area contributed by atoms with Crippen LogP contribution in [0, 0.1) is 22.5 Å². The molecule has 0 N–H and O–H groups in total. The number of aromatic nitrogens is 2. The van der Waals surface area contributed by atoms with E-state index in [-0.39, 0.29) is 67.9 Å². The molecule has 0 bridgehead atoms. The molecule has 17 heteroatoms. The molecular formula is C63H62BrF2N2O10P2+. The summed E-state index contributed by atoms with van der Waals surface area (Å²) in [4.78, 5) is 60.8. The molecule has 0 radical (unpaired) electrons. The van der Waals surface area contributed by atoms with Gasteiger partial charge in [0, 0.05) is 61.0 Å². The number of carbonyl (C=O) groups excluding carboxylic acids is 4. The van der Waals surface area contributed by atoms with Crippen molar-refractivity contribution >= 4 is 81.1 Å². The second-order valence-electron chi connectivity index (χ2n) is 20.1. The van der Waals surface area contributed by atoms with E-state index in [1.165, 1.54) is 24.3 Å². The summed E-state index contributed by atoms with van der Waals surface area (Å²) in [5, 5.41) is 2.17. The van der Waals surface area contributed by atoms with Gasteiger partial charge in [0.05, 0.1) is 45.9 Å². The fourth-order valence-corrected chi connectivity index (χ4v) is 10.7. The average Bonchev–Trinajstić information content (AvgIpc) is 4.42. The molecule has 2 aliphatic rings. The molecule has 0 amide bonds. The maximum Gasteiger partial charge on any atom is 0.332 e. The number of hydrogen-bond donors (Lipinski definition) is 0. The van der Waals surface area contributed by atoms with Crippen LogP contribution in [-0.2, 0) is 54.0 Å². The number of benzene rings is 6. The van der Waals surface area contributed by atoms with Gasteiger partial charge in [-0.25, -0.2) is 8.78 Å². The molecule has 8 aromatic rings. The summed E-state index contributed by atoms with van der Waals surface area (Å²) in [5.74, 6) is 2.56. The van der Waals surface area contributed by atoms with Crippen LogP contribution in [-0.4, -0.2) is 74.0 Å². The lowest BCUT2D eigenvalue weighted by Crippen LogP contribution is -2.28. The maximum atomic E-state index is 13.2. The van der Waals surface area contributed by atoms with Crippen LogP contribution in [0.15, 0.2) is 150 Å². The largest absolute Gasteiger partial charge is 0.496 e. The van der Waals surface area contributed by atoms with Crippen LogP contribution < -0.4 is 24.3 Å². The fourth-order valence-electron chi connectivity index (χ4n) is 9.08. The molecule has 2 heterocycles. The lowest BCUT2D eigenvalue weighted by molar-refractivity contribution is -0.135. The summed E-state index contributed by atoms with van der Waals surface area (Å²) in [6.45, 7) is 6.73. The SMILES string of the molecule is C.COc1cc2nccc(Oc3ccc(CC(=O)C4(C(=O)Cc5ccc(F)cc5)CC4)cc3)c2cc1Br.COc1cc2nccc(Oc3ccc(CC(=O)C4(C(=O)Cc5ccc(F)cc5)CC4)cc3)c2cc1P(C)(C)=O.C[P+](C)=O. The second kappa shape index (κ2) is 25.9. The van der Waals surface area contributed by atoms with Gasteiger partial charge < -0.3 is 23.5 Å². The molecule has 6 aromatic carbocycles. The van der Waals surface area contributed by atoms with Gasteiger partial charge in [0.15, 0.2) is 23.1 Å². The number of ketones is 4. The molecule has 0 unspecified atom stereocenters. The minimum Gasteiger partial charge on any atom is -0.496 e. The summed E-state index contributed by atoms with van der Waals surface area (Å²) in [5.41, 5.74) is 2.59. The van der Waals surface area contributed by atoms with E-state index in [0.717, 1.165) is 32.1 Å². The van der Waals surface area contributed by atoms with Gasteiger partial charge in [-0.05, 0) is 150 Å². The summed E-state index contributed by atoms with van der Waals surface area (Å²) >= 11 is 3.50. The van der Waals surface area contributed by atoms with Gasteiger partial charge in [-0.2, -0.15) is 0 Å². The number of Topliss-reactive ketones (excluding diaryl/α,β-unsaturated/α-hetero) is 4. The van der Waals surface area contributed by atoms with Crippen LogP contribution in [0.25, 0.3) is 21.8 Å². The minimum atomic E-state index is -2.62. The Morgan fingerprint density at radius 1 is 0.537 bits per heavy atom. The lowest BCUT2D eigenvalue weighted by Gasteiger charge is -2.16. The van der Waals surface area contributed by atoms with Gasteiger partial charge in [-0.3, -0.25) is 29.1 Å². The Morgan fingerprint density at radius 3 is 1.19 bits per heavy atom. The van der Waals surface area contributed by atoms with Crippen LogP contribution in [0.3, 0.4) is 0 Å². The highest BCUT2D eigenvalue weighted by molar-refractivity contribution is 9.10. The molecular weight excluding hydrogens is 1120 g/mol. The minimum absolute atomic E-state index is 0. The van der Waals surface area contributed by atoms with Gasteiger partial charge >= 0.3 is 7.80 Å². The lowest BCUT2D eigenvalue weighted by atomic mass is 9.88. The number of nitrogens with zero attached hydrogens (tertiary/aromatic N) is 2. The van der Waals surface area contributed by atoms with Crippen molar-refractivity contribution in [1.29, 1.82) is 0 Å². The van der Waals surface area contributed by atoms with Crippen molar-refractivity contribution in [2.24, 2.45) is 10.8 Å². The van der Waals surface area contributed by atoms with Crippen molar-refractivity contribution < 1.29 is 56.0 Å². The summed E-state index contributed by atoms with van der Waals surface area (Å²) < 4.78 is 72.6. The molecule has 80 heavy (non-hydrogen) atoms. The summed E-state index contributed by atoms with van der Waals surface area (Å²) in [6, 6.07) is 37.0. The van der Waals surface area contributed by atoms with E-state index < -0.39 is 25.8 Å². The number of pyridine rings is 2. The van der Waals surface area contributed by atoms with E-state index >= 15 is 0 Å². The zero-order valence-electron chi connectivity index (χ0n) is 44.5. The first-order chi connectivity index (χ1) is 37.7. The van der Waals surface area contributed by atoms with Gasteiger partial charge in [0.2, 0.25) is 0 Å². The van der Waals surface area contributed by atoms with Crippen molar-refractivity contribution in [1.82, 2.24) is 9.97 Å². The highest BCUT2D eigenvalue weighted by atomic mass is 79.9. The normalized spacial score (nSPS) is 13.5. The highest BCUT2D eigenvalue weighted by Gasteiger charge is 2.55. The number of fused-ring (bicyclic) bond motifs is 2. The predicted octanol–water partition coefficient (Wildman–Crippen LogP) is 14.5. The number of carbonyl (C=O) groups is 4. The van der Waals surface area contributed by atoms with Crippen LogP contribution in [0.2, 0.25) is 0 Å². The van der Waals surface area contributed by atoms with E-state index in [9.17, 15) is 37.1 Å². The number of hydrogen-bond acceptors (Lipinski definition) is 12. The third-order valence-electron chi connectivity index (χ3n) is 13.8. The fraction of sp³-hybridized carbons (Fsp3) is 0.270. The van der Waals surface area contributed by atoms with Crippen LogP contribution >= 0.6 is 30.9 Å². The smallest absolute Gasteiger partial charge is 0.332 e. The zero-order valence-corrected chi connectivity index (χ0v) is 47.9. The van der Waals surface area contributed by atoms with Crippen molar-refractivity contribution in [3.8, 4) is 34.5 Å². The number of rotatable bonds is 19. The van der Waals surface area contributed by atoms with Crippen LogP contribution in [0.1, 0.15) is 55.4 Å². The van der Waals surface area contributed by atoms with Gasteiger partial charge in [-0.15, -0.1) is 0 Å². The van der Waals surface area contributed by atoms with Crippen molar-refractivity contribution in [2.75, 3.05) is 40.9 Å². The standard InChI is InChI=1S/C31H29FNO5P.C29H23BrFNO4.C2H6OP.CH4/c1-37-27-19-25-24(18-28(27)39(2,3)36)26(12-15-33-25)38-23-10-6-21(7-11-23)17-30(35)31(13-14-31)29(34)16-20-4-8-22(32)9-5-20;1-35-26-17-24-22(16-23(26)30)25(10-13-32-24)36-21-8-4-19(5-9-21)15-28(34)29(11-12-29)27(33)14-18-2-6-20(31)7-3-18;1-4(2)3;/h4-12,15,18-19H,13-14,16-17H2,1-3H3;2-10,13,16-17H,11-12,14-15H2,1H3;1-2H3;1H4/q;;+1;. The first-order valence-electron chi connectivity index (χ1n) is 25.3. The molecule has 2 fully saturated rings. The van der Waals surface area contributed by atoms with E-state index in [0.29, 0.717) is 82.0 Å². The second-order valence-corrected chi connectivity index (χ2v) is 25.8. The van der Waals surface area contributed by atoms with Crippen molar-refractivity contribution in [3.63, 3.8) is 0 Å².